The molecule has 2 aliphatic rings. The first-order valence-electron chi connectivity index (χ1n) is 12.5. The summed E-state index contributed by atoms with van der Waals surface area (Å²) in [4.78, 5) is 42.2. The zero-order chi connectivity index (χ0) is 26.2. The normalized spacial score (nSPS) is 21.6. The van der Waals surface area contributed by atoms with Gasteiger partial charge in [0.2, 0.25) is 0 Å². The maximum Gasteiger partial charge on any atom is 0.410 e. The number of amides is 2. The van der Waals surface area contributed by atoms with Gasteiger partial charge in [0.1, 0.15) is 16.9 Å². The largest absolute Gasteiger partial charge is 0.444 e. The summed E-state index contributed by atoms with van der Waals surface area (Å²) in [6, 6.07) is 11.4. The third-order valence-electron chi connectivity index (χ3n) is 6.76. The van der Waals surface area contributed by atoms with Gasteiger partial charge in [0.15, 0.2) is 12.1 Å². The van der Waals surface area contributed by atoms with Gasteiger partial charge in [-0.3, -0.25) is 9.20 Å². The first-order valence-corrected chi connectivity index (χ1v) is 12.5. The second-order valence-corrected chi connectivity index (χ2v) is 10.5. The molecule has 10 heteroatoms. The summed E-state index contributed by atoms with van der Waals surface area (Å²) in [6.07, 6.45) is 6.08. The number of hydrogen-bond donors (Lipinski definition) is 2. The first kappa shape index (κ1) is 24.8. The van der Waals surface area contributed by atoms with Crippen LogP contribution in [0.5, 0.6) is 0 Å². The van der Waals surface area contributed by atoms with Crippen LogP contribution in [0.2, 0.25) is 0 Å². The number of hydroxylamine groups is 1. The van der Waals surface area contributed by atoms with Crippen molar-refractivity contribution in [2.75, 3.05) is 18.4 Å². The number of benzene rings is 1. The number of anilines is 1. The van der Waals surface area contributed by atoms with Gasteiger partial charge in [0.25, 0.3) is 5.91 Å². The molecule has 3 aromatic rings. The number of aryl methyl sites for hydroxylation is 1. The molecule has 10 nitrogen and oxygen atoms in total. The van der Waals surface area contributed by atoms with Crippen LogP contribution >= 0.6 is 0 Å². The van der Waals surface area contributed by atoms with Gasteiger partial charge in [0, 0.05) is 30.9 Å². The van der Waals surface area contributed by atoms with Gasteiger partial charge in [-0.25, -0.2) is 14.8 Å². The van der Waals surface area contributed by atoms with E-state index in [1.54, 1.807) is 15.5 Å². The van der Waals surface area contributed by atoms with Crippen molar-refractivity contribution in [3.8, 4) is 0 Å². The molecule has 194 valence electrons. The molecule has 0 saturated carbocycles. The molecule has 2 atom stereocenters. The summed E-state index contributed by atoms with van der Waals surface area (Å²) in [5, 5.41) is 3.04. The van der Waals surface area contributed by atoms with Gasteiger partial charge < -0.3 is 19.8 Å². The number of ether oxygens (including phenoxy) is 1. The Bertz CT molecular complexity index is 1360. The Labute approximate surface area is 215 Å². The Morgan fingerprint density at radius 1 is 1.24 bits per heavy atom. The SMILES string of the molecule is Cc1ccc(C2([C@H]3CCCN(C(=O)OC(C)(C)C)C3)N=CON2)cc1NC(=O)c1cnc2ccccn12. The third-order valence-corrected chi connectivity index (χ3v) is 6.76. The number of fused-ring (bicyclic) bond motifs is 1. The number of carbonyl (C=O) groups excluding carboxylic acids is 2. The summed E-state index contributed by atoms with van der Waals surface area (Å²) >= 11 is 0. The molecule has 37 heavy (non-hydrogen) atoms. The summed E-state index contributed by atoms with van der Waals surface area (Å²) < 4.78 is 7.36. The molecule has 0 aliphatic carbocycles. The zero-order valence-electron chi connectivity index (χ0n) is 21.5. The lowest BCUT2D eigenvalue weighted by Gasteiger charge is -2.41. The van der Waals surface area contributed by atoms with Crippen LogP contribution in [0, 0.1) is 12.8 Å². The predicted molar refractivity (Wildman–Crippen MR) is 139 cm³/mol. The van der Waals surface area contributed by atoms with Gasteiger partial charge in [0.05, 0.1) is 6.20 Å². The smallest absolute Gasteiger partial charge is 0.410 e. The van der Waals surface area contributed by atoms with Crippen LogP contribution in [0.1, 0.15) is 55.2 Å². The minimum atomic E-state index is -0.906. The monoisotopic (exact) mass is 504 g/mol. The van der Waals surface area contributed by atoms with Crippen molar-refractivity contribution in [3.63, 3.8) is 0 Å². The van der Waals surface area contributed by atoms with Gasteiger partial charge in [-0.2, -0.15) is 0 Å². The van der Waals surface area contributed by atoms with E-state index in [1.807, 2.05) is 70.3 Å². The van der Waals surface area contributed by atoms with E-state index in [0.717, 1.165) is 24.0 Å². The Morgan fingerprint density at radius 3 is 2.84 bits per heavy atom. The van der Waals surface area contributed by atoms with Crippen LogP contribution in [0.25, 0.3) is 5.65 Å². The number of imidazole rings is 1. The van der Waals surface area contributed by atoms with Crippen LogP contribution < -0.4 is 10.8 Å². The van der Waals surface area contributed by atoms with Gasteiger partial charge in [-0.1, -0.05) is 18.2 Å². The average Bonchev–Trinajstić information content (AvgIpc) is 3.53. The Hall–Kier alpha value is -3.92. The highest BCUT2D eigenvalue weighted by Gasteiger charge is 2.46. The number of aromatic nitrogens is 2. The average molecular weight is 505 g/mol. The molecule has 0 bridgehead atoms. The van der Waals surface area contributed by atoms with Crippen LogP contribution in [0.3, 0.4) is 0 Å². The second-order valence-electron chi connectivity index (χ2n) is 10.5. The quantitative estimate of drug-likeness (QED) is 0.550. The van der Waals surface area contributed by atoms with Gasteiger partial charge in [-0.05, 0) is 69.9 Å². The van der Waals surface area contributed by atoms with E-state index in [-0.39, 0.29) is 17.9 Å². The van der Waals surface area contributed by atoms with Crippen molar-refractivity contribution < 1.29 is 19.2 Å². The molecular weight excluding hydrogens is 472 g/mol. The van der Waals surface area contributed by atoms with Crippen LogP contribution in [0.15, 0.2) is 53.8 Å². The van der Waals surface area contributed by atoms with E-state index in [9.17, 15) is 9.59 Å². The molecule has 2 aromatic heterocycles. The van der Waals surface area contributed by atoms with Gasteiger partial charge >= 0.3 is 6.09 Å². The molecule has 0 spiro atoms. The van der Waals surface area contributed by atoms with Crippen molar-refractivity contribution in [2.45, 2.75) is 51.8 Å². The third kappa shape index (κ3) is 4.89. The fraction of sp³-hybridized carbons (Fsp3) is 0.407. The molecule has 1 saturated heterocycles. The number of pyridine rings is 1. The molecule has 1 aromatic carbocycles. The highest BCUT2D eigenvalue weighted by atomic mass is 16.7. The number of aliphatic imine (C=N–C) groups is 1. The minimum absolute atomic E-state index is 0.0717. The molecule has 2 N–H and O–H groups in total. The van der Waals surface area contributed by atoms with E-state index in [4.69, 9.17) is 14.6 Å². The lowest BCUT2D eigenvalue weighted by molar-refractivity contribution is -0.00130. The van der Waals surface area contributed by atoms with E-state index in [1.165, 1.54) is 6.40 Å². The standard InChI is InChI=1S/C27H32N6O4/c1-18-10-11-19(14-21(18)30-24(34)22-15-28-23-9-5-6-13-33(22)23)27(29-17-36-31-27)20-8-7-12-32(16-20)25(35)37-26(2,3)4/h5-6,9-11,13-15,17,20,31H,7-8,12,16H2,1-4H3,(H,30,34)/t20-,27?/m0/s1. The summed E-state index contributed by atoms with van der Waals surface area (Å²) in [5.74, 6) is -0.335. The van der Waals surface area contributed by atoms with Crippen molar-refractivity contribution >= 4 is 29.7 Å². The molecule has 0 radical (unpaired) electrons. The van der Waals surface area contributed by atoms with Crippen LogP contribution in [-0.4, -0.2) is 51.4 Å². The lowest BCUT2D eigenvalue weighted by Crippen LogP contribution is -2.52. The van der Waals surface area contributed by atoms with Crippen LogP contribution in [0.4, 0.5) is 10.5 Å². The number of likely N-dealkylation sites (tertiary alicyclic amines) is 1. The second kappa shape index (κ2) is 9.51. The maximum absolute atomic E-state index is 13.2. The van der Waals surface area contributed by atoms with Crippen molar-refractivity contribution in [1.82, 2.24) is 19.8 Å². The van der Waals surface area contributed by atoms with E-state index >= 15 is 0 Å². The number of piperidine rings is 1. The summed E-state index contributed by atoms with van der Waals surface area (Å²) in [6.45, 7) is 8.60. The fourth-order valence-electron chi connectivity index (χ4n) is 4.90. The number of nitrogens with zero attached hydrogens (tertiary/aromatic N) is 4. The van der Waals surface area contributed by atoms with Gasteiger partial charge in [-0.15, -0.1) is 5.48 Å². The van der Waals surface area contributed by atoms with Crippen molar-refractivity contribution in [1.29, 1.82) is 0 Å². The fourth-order valence-corrected chi connectivity index (χ4v) is 4.90. The highest BCUT2D eigenvalue weighted by molar-refractivity contribution is 6.04. The van der Waals surface area contributed by atoms with Crippen molar-refractivity contribution in [3.05, 3.63) is 65.6 Å². The van der Waals surface area contributed by atoms with E-state index in [2.05, 4.69) is 15.8 Å². The van der Waals surface area contributed by atoms with E-state index in [0.29, 0.717) is 30.1 Å². The molecular formula is C27H32N6O4. The van der Waals surface area contributed by atoms with Crippen LogP contribution in [-0.2, 0) is 15.2 Å². The Kier molecular flexibility index (Phi) is 6.36. The molecule has 1 fully saturated rings. The summed E-state index contributed by atoms with van der Waals surface area (Å²) in [5.41, 5.74) is 5.15. The van der Waals surface area contributed by atoms with Crippen molar-refractivity contribution in [2.24, 2.45) is 10.9 Å². The Morgan fingerprint density at radius 2 is 2.08 bits per heavy atom. The maximum atomic E-state index is 13.2. The number of carbonyl (C=O) groups is 2. The molecule has 2 aliphatic heterocycles. The predicted octanol–water partition coefficient (Wildman–Crippen LogP) is 4.26. The number of rotatable bonds is 4. The lowest BCUT2D eigenvalue weighted by atomic mass is 9.81. The Balaban J connectivity index is 1.41. The highest BCUT2D eigenvalue weighted by Crippen LogP contribution is 2.40. The molecule has 2 amide bonds. The number of hydrogen-bond acceptors (Lipinski definition) is 7. The molecule has 1 unspecified atom stereocenters. The summed E-state index contributed by atoms with van der Waals surface area (Å²) in [7, 11) is 0. The zero-order valence-corrected chi connectivity index (χ0v) is 21.5. The van der Waals surface area contributed by atoms with E-state index < -0.39 is 11.3 Å². The minimum Gasteiger partial charge on any atom is -0.444 e. The topological polar surface area (TPSA) is 110 Å². The first-order chi connectivity index (χ1) is 17.7. The molecule has 5 rings (SSSR count). The molecule has 4 heterocycles. The number of nitrogens with one attached hydrogen (secondary N) is 2.